The van der Waals surface area contributed by atoms with Crippen LogP contribution in [-0.4, -0.2) is 35.6 Å². The molecule has 136 valence electrons. The molecule has 0 unspecified atom stereocenters. The summed E-state index contributed by atoms with van der Waals surface area (Å²) >= 11 is 0. The molecule has 0 atom stereocenters. The van der Waals surface area contributed by atoms with Crippen molar-refractivity contribution in [3.63, 3.8) is 0 Å². The van der Waals surface area contributed by atoms with Gasteiger partial charge in [-0.05, 0) is 56.0 Å². The number of hydrogen-bond acceptors (Lipinski definition) is 5. The van der Waals surface area contributed by atoms with E-state index in [4.69, 9.17) is 10.00 Å². The molecule has 0 amide bonds. The lowest BCUT2D eigenvalue weighted by Crippen LogP contribution is -2.38. The number of nitrogens with one attached hydrogen (secondary N) is 1. The molecule has 0 saturated carbocycles. The van der Waals surface area contributed by atoms with E-state index in [9.17, 15) is 0 Å². The van der Waals surface area contributed by atoms with Crippen LogP contribution in [0.1, 0.15) is 36.5 Å². The van der Waals surface area contributed by atoms with Gasteiger partial charge in [0.1, 0.15) is 17.6 Å². The smallest absolute Gasteiger partial charge is 0.126 e. The van der Waals surface area contributed by atoms with Crippen molar-refractivity contribution in [3.8, 4) is 11.8 Å². The number of nitrogens with zero attached hydrogens (tertiary/aromatic N) is 3. The Kier molecular flexibility index (Phi) is 6.08. The Hall–Kier alpha value is -2.58. The number of nitriles is 1. The van der Waals surface area contributed by atoms with Gasteiger partial charge in [-0.25, -0.2) is 4.98 Å². The summed E-state index contributed by atoms with van der Waals surface area (Å²) in [5.74, 6) is 1.84. The van der Waals surface area contributed by atoms with E-state index in [0.29, 0.717) is 18.2 Å². The molecular weight excluding hydrogens is 324 g/mol. The minimum atomic E-state index is 0.434. The van der Waals surface area contributed by atoms with E-state index in [1.54, 1.807) is 12.3 Å². The molecule has 1 fully saturated rings. The van der Waals surface area contributed by atoms with E-state index in [1.165, 1.54) is 11.1 Å². The Balaban J connectivity index is 1.50. The first-order valence-electron chi connectivity index (χ1n) is 9.25. The summed E-state index contributed by atoms with van der Waals surface area (Å²) in [7, 11) is 0. The zero-order chi connectivity index (χ0) is 18.4. The highest BCUT2D eigenvalue weighted by molar-refractivity contribution is 5.40. The average Bonchev–Trinajstić information content (AvgIpc) is 2.67. The molecule has 1 aromatic heterocycles. The number of anilines is 1. The third-order valence-corrected chi connectivity index (χ3v) is 4.79. The quantitative estimate of drug-likeness (QED) is 0.860. The maximum Gasteiger partial charge on any atom is 0.126 e. The number of piperidine rings is 1. The van der Waals surface area contributed by atoms with Gasteiger partial charge in [0, 0.05) is 31.9 Å². The molecule has 2 heterocycles. The maximum atomic E-state index is 8.84. The lowest BCUT2D eigenvalue weighted by atomic mass is 10.0. The van der Waals surface area contributed by atoms with Gasteiger partial charge < -0.3 is 10.1 Å². The Morgan fingerprint density at radius 3 is 2.73 bits per heavy atom. The van der Waals surface area contributed by atoms with Gasteiger partial charge in [0.2, 0.25) is 0 Å². The molecule has 3 rings (SSSR count). The van der Waals surface area contributed by atoms with E-state index < -0.39 is 0 Å². The van der Waals surface area contributed by atoms with Crippen LogP contribution < -0.4 is 10.1 Å². The fourth-order valence-corrected chi connectivity index (χ4v) is 3.30. The van der Waals surface area contributed by atoms with E-state index in [0.717, 1.165) is 44.0 Å². The summed E-state index contributed by atoms with van der Waals surface area (Å²) in [5, 5.41) is 12.3. The molecule has 1 aliphatic rings. The first kappa shape index (κ1) is 18.2. The Bertz CT molecular complexity index is 759. The summed E-state index contributed by atoms with van der Waals surface area (Å²) < 4.78 is 5.71. The van der Waals surface area contributed by atoms with Crippen LogP contribution in [0.5, 0.6) is 5.75 Å². The number of rotatable bonds is 6. The fourth-order valence-electron chi connectivity index (χ4n) is 3.30. The summed E-state index contributed by atoms with van der Waals surface area (Å²) in [4.78, 5) is 6.80. The predicted octanol–water partition coefficient (Wildman–Crippen LogP) is 3.74. The summed E-state index contributed by atoms with van der Waals surface area (Å²) in [6.45, 7) is 7.89. The molecule has 5 nitrogen and oxygen atoms in total. The Morgan fingerprint density at radius 1 is 1.27 bits per heavy atom. The second kappa shape index (κ2) is 8.68. The van der Waals surface area contributed by atoms with Gasteiger partial charge in [-0.3, -0.25) is 4.90 Å². The van der Waals surface area contributed by atoms with Gasteiger partial charge in [-0.2, -0.15) is 5.26 Å². The van der Waals surface area contributed by atoms with Crippen LogP contribution in [0.4, 0.5) is 5.82 Å². The zero-order valence-corrected chi connectivity index (χ0v) is 15.5. The molecule has 0 aliphatic carbocycles. The molecule has 0 bridgehead atoms. The largest absolute Gasteiger partial charge is 0.494 e. The normalized spacial score (nSPS) is 15.4. The van der Waals surface area contributed by atoms with Crippen LogP contribution in [-0.2, 0) is 6.54 Å². The van der Waals surface area contributed by atoms with E-state index in [2.05, 4.69) is 46.4 Å². The van der Waals surface area contributed by atoms with Crippen molar-refractivity contribution in [2.45, 2.75) is 39.3 Å². The molecule has 2 aromatic rings. The number of aryl methyl sites for hydroxylation is 1. The number of likely N-dealkylation sites (tertiary alicyclic amines) is 1. The van der Waals surface area contributed by atoms with Crippen LogP contribution >= 0.6 is 0 Å². The van der Waals surface area contributed by atoms with Crippen LogP contribution in [0, 0.1) is 18.3 Å². The standard InChI is InChI=1S/C21H26N4O/c1-3-26-20-12-17(5-4-16(20)2)15-25-10-8-19(9-11-25)24-21-7-6-18(13-22)14-23-21/h4-7,12,14,19H,3,8-11,15H2,1-2H3,(H,23,24). The third-order valence-electron chi connectivity index (χ3n) is 4.79. The molecule has 0 spiro atoms. The van der Waals surface area contributed by atoms with Crippen molar-refractivity contribution >= 4 is 5.82 Å². The highest BCUT2D eigenvalue weighted by Crippen LogP contribution is 2.22. The van der Waals surface area contributed by atoms with Crippen LogP contribution in [0.3, 0.4) is 0 Å². The van der Waals surface area contributed by atoms with Crippen LogP contribution in [0.2, 0.25) is 0 Å². The van der Waals surface area contributed by atoms with Gasteiger partial charge in [0.05, 0.1) is 12.2 Å². The molecule has 1 N–H and O–H groups in total. The van der Waals surface area contributed by atoms with Crippen molar-refractivity contribution in [1.29, 1.82) is 5.26 Å². The monoisotopic (exact) mass is 350 g/mol. The van der Waals surface area contributed by atoms with Crippen molar-refractivity contribution in [2.75, 3.05) is 25.0 Å². The minimum absolute atomic E-state index is 0.434. The fraction of sp³-hybridized carbons (Fsp3) is 0.429. The zero-order valence-electron chi connectivity index (χ0n) is 15.5. The maximum absolute atomic E-state index is 8.84. The third kappa shape index (κ3) is 4.74. The molecule has 1 saturated heterocycles. The predicted molar refractivity (Wildman–Crippen MR) is 103 cm³/mol. The second-order valence-electron chi connectivity index (χ2n) is 6.77. The van der Waals surface area contributed by atoms with E-state index in [1.807, 2.05) is 13.0 Å². The van der Waals surface area contributed by atoms with Crippen molar-refractivity contribution < 1.29 is 4.74 Å². The first-order chi connectivity index (χ1) is 12.7. The second-order valence-corrected chi connectivity index (χ2v) is 6.77. The topological polar surface area (TPSA) is 61.2 Å². The number of pyridine rings is 1. The minimum Gasteiger partial charge on any atom is -0.494 e. The highest BCUT2D eigenvalue weighted by atomic mass is 16.5. The number of benzene rings is 1. The average molecular weight is 350 g/mol. The SMILES string of the molecule is CCOc1cc(CN2CCC(Nc3ccc(C#N)cn3)CC2)ccc1C. The van der Waals surface area contributed by atoms with Crippen molar-refractivity contribution in [3.05, 3.63) is 53.2 Å². The highest BCUT2D eigenvalue weighted by Gasteiger charge is 2.19. The summed E-state index contributed by atoms with van der Waals surface area (Å²) in [6.07, 6.45) is 3.79. The summed E-state index contributed by atoms with van der Waals surface area (Å²) in [5.41, 5.74) is 3.09. The van der Waals surface area contributed by atoms with E-state index >= 15 is 0 Å². The van der Waals surface area contributed by atoms with Crippen LogP contribution in [0.25, 0.3) is 0 Å². The molecule has 0 radical (unpaired) electrons. The molecular formula is C21H26N4O. The van der Waals surface area contributed by atoms with Gasteiger partial charge in [0.25, 0.3) is 0 Å². The number of hydrogen-bond donors (Lipinski definition) is 1. The molecule has 1 aromatic carbocycles. The van der Waals surface area contributed by atoms with Gasteiger partial charge in [0.15, 0.2) is 0 Å². The van der Waals surface area contributed by atoms with Gasteiger partial charge in [-0.1, -0.05) is 12.1 Å². The first-order valence-corrected chi connectivity index (χ1v) is 9.25. The number of aromatic nitrogens is 1. The van der Waals surface area contributed by atoms with E-state index in [-0.39, 0.29) is 0 Å². The lowest BCUT2D eigenvalue weighted by molar-refractivity contribution is 0.211. The van der Waals surface area contributed by atoms with Crippen LogP contribution in [0.15, 0.2) is 36.5 Å². The summed E-state index contributed by atoms with van der Waals surface area (Å²) in [6, 6.07) is 12.7. The molecule has 5 heteroatoms. The number of ether oxygens (including phenoxy) is 1. The van der Waals surface area contributed by atoms with Crippen molar-refractivity contribution in [2.24, 2.45) is 0 Å². The van der Waals surface area contributed by atoms with Gasteiger partial charge >= 0.3 is 0 Å². The molecule has 26 heavy (non-hydrogen) atoms. The molecule has 1 aliphatic heterocycles. The Morgan fingerprint density at radius 2 is 2.08 bits per heavy atom. The lowest BCUT2D eigenvalue weighted by Gasteiger charge is -2.32. The Labute approximate surface area is 155 Å². The van der Waals surface area contributed by atoms with Crippen molar-refractivity contribution in [1.82, 2.24) is 9.88 Å². The van der Waals surface area contributed by atoms with Gasteiger partial charge in [-0.15, -0.1) is 0 Å².